The third kappa shape index (κ3) is 3.57. The van der Waals surface area contributed by atoms with Gasteiger partial charge >= 0.3 is 0 Å². The Balaban J connectivity index is 2.33. The van der Waals surface area contributed by atoms with Crippen molar-refractivity contribution in [1.82, 2.24) is 9.21 Å². The molecule has 0 atom stereocenters. The van der Waals surface area contributed by atoms with E-state index in [1.54, 1.807) is 33.2 Å². The highest BCUT2D eigenvalue weighted by Gasteiger charge is 2.33. The Hall–Kier alpha value is -1.99. The highest BCUT2D eigenvalue weighted by atomic mass is 32.2. The summed E-state index contributed by atoms with van der Waals surface area (Å²) in [5.74, 6) is -0.841. The van der Waals surface area contributed by atoms with Crippen LogP contribution in [0.5, 0.6) is 0 Å². The van der Waals surface area contributed by atoms with E-state index in [2.05, 4.69) is 0 Å². The molecule has 0 aromatic heterocycles. The first-order chi connectivity index (χ1) is 11.1. The number of hydrogen-bond acceptors (Lipinski definition) is 4. The second-order valence-corrected chi connectivity index (χ2v) is 8.12. The van der Waals surface area contributed by atoms with Crippen molar-refractivity contribution >= 4 is 21.7 Å². The highest BCUT2D eigenvalue weighted by Crippen LogP contribution is 2.23. The fourth-order valence-corrected chi connectivity index (χ4v) is 3.96. The first-order valence-corrected chi connectivity index (χ1v) is 9.10. The molecule has 130 valence electrons. The summed E-state index contributed by atoms with van der Waals surface area (Å²) in [4.78, 5) is 26.2. The second kappa shape index (κ2) is 6.86. The Bertz CT molecular complexity index is 792. The predicted octanol–water partition coefficient (Wildman–Crippen LogP) is 1.36. The molecule has 1 aromatic rings. The van der Waals surface area contributed by atoms with Gasteiger partial charge in [0.05, 0.1) is 17.0 Å². The van der Waals surface area contributed by atoms with Gasteiger partial charge in [-0.3, -0.25) is 9.59 Å². The van der Waals surface area contributed by atoms with E-state index in [-0.39, 0.29) is 29.5 Å². The lowest BCUT2D eigenvalue weighted by atomic mass is 10.0. The molecular weight excluding hydrogens is 328 g/mol. The number of aryl methyl sites for hydroxylation is 1. The summed E-state index contributed by atoms with van der Waals surface area (Å²) in [6.45, 7) is 3.44. The molecule has 24 heavy (non-hydrogen) atoms. The van der Waals surface area contributed by atoms with E-state index in [1.165, 1.54) is 17.0 Å². The summed E-state index contributed by atoms with van der Waals surface area (Å²) in [7, 11) is -0.625. The first-order valence-electron chi connectivity index (χ1n) is 7.66. The van der Waals surface area contributed by atoms with Crippen molar-refractivity contribution in [3.05, 3.63) is 41.0 Å². The van der Waals surface area contributed by atoms with Crippen molar-refractivity contribution in [2.24, 2.45) is 0 Å². The van der Waals surface area contributed by atoms with Crippen LogP contribution in [-0.4, -0.2) is 56.5 Å². The minimum absolute atomic E-state index is 0.0987. The summed E-state index contributed by atoms with van der Waals surface area (Å²) in [5, 5.41) is 0. The predicted molar refractivity (Wildman–Crippen MR) is 91.0 cm³/mol. The molecule has 0 radical (unpaired) electrons. The molecule has 7 heteroatoms. The number of hydrogen-bond donors (Lipinski definition) is 0. The van der Waals surface area contributed by atoms with Crippen molar-refractivity contribution in [3.8, 4) is 0 Å². The number of nitrogens with zero attached hydrogens (tertiary/aromatic N) is 2. The van der Waals surface area contributed by atoms with Crippen LogP contribution >= 0.6 is 0 Å². The summed E-state index contributed by atoms with van der Waals surface area (Å²) in [5.41, 5.74) is 1.68. The smallest absolute Gasteiger partial charge is 0.256 e. The minimum atomic E-state index is -3.77. The molecule has 6 nitrogen and oxygen atoms in total. The SMILES string of the molecule is CC1=C(C(=O)N(C)C)C(=O)CN(S(=O)(=O)c2ccc(C)cc2)CC1. The molecular formula is C17H22N2O4S. The standard InChI is InChI=1S/C17H22N2O4S/c1-12-5-7-14(8-6-12)24(22,23)19-10-9-13(2)16(15(20)11-19)17(21)18(3)4/h5-8H,9-11H2,1-4H3. The van der Waals surface area contributed by atoms with Crippen LogP contribution in [0.2, 0.25) is 0 Å². The highest BCUT2D eigenvalue weighted by molar-refractivity contribution is 7.89. The average molecular weight is 350 g/mol. The minimum Gasteiger partial charge on any atom is -0.345 e. The molecule has 1 heterocycles. The largest absolute Gasteiger partial charge is 0.345 e. The van der Waals surface area contributed by atoms with Gasteiger partial charge in [-0.15, -0.1) is 0 Å². The Kier molecular flexibility index (Phi) is 5.25. The molecule has 0 fully saturated rings. The van der Waals surface area contributed by atoms with Gasteiger partial charge in [-0.05, 0) is 32.4 Å². The fraction of sp³-hybridized carbons (Fsp3) is 0.412. The number of Topliss-reactive ketones (excluding diaryl/α,β-unsaturated/α-hetero) is 1. The molecule has 0 spiro atoms. The van der Waals surface area contributed by atoms with E-state index >= 15 is 0 Å². The van der Waals surface area contributed by atoms with Gasteiger partial charge in [-0.2, -0.15) is 4.31 Å². The summed E-state index contributed by atoms with van der Waals surface area (Å²) >= 11 is 0. The van der Waals surface area contributed by atoms with Gasteiger partial charge in [0.2, 0.25) is 10.0 Å². The third-order valence-electron chi connectivity index (χ3n) is 4.04. The maximum absolute atomic E-state index is 12.8. The van der Waals surface area contributed by atoms with Gasteiger partial charge in [0.25, 0.3) is 5.91 Å². The van der Waals surface area contributed by atoms with Gasteiger partial charge < -0.3 is 4.90 Å². The lowest BCUT2D eigenvalue weighted by molar-refractivity contribution is -0.127. The van der Waals surface area contributed by atoms with Gasteiger partial charge in [-0.25, -0.2) is 8.42 Å². The lowest BCUT2D eigenvalue weighted by Crippen LogP contribution is -2.37. The van der Waals surface area contributed by atoms with E-state index in [9.17, 15) is 18.0 Å². The molecule has 1 aliphatic heterocycles. The van der Waals surface area contributed by atoms with Gasteiger partial charge in [0.15, 0.2) is 5.78 Å². The normalized spacial score (nSPS) is 16.9. The number of carbonyl (C=O) groups is 2. The summed E-state index contributed by atoms with van der Waals surface area (Å²) < 4.78 is 26.7. The quantitative estimate of drug-likeness (QED) is 0.772. The van der Waals surface area contributed by atoms with E-state index in [4.69, 9.17) is 0 Å². The molecule has 1 aromatic carbocycles. The topological polar surface area (TPSA) is 74.8 Å². The van der Waals surface area contributed by atoms with Crippen LogP contribution in [0, 0.1) is 6.92 Å². The lowest BCUT2D eigenvalue weighted by Gasteiger charge is -2.20. The van der Waals surface area contributed by atoms with Crippen LogP contribution in [0.4, 0.5) is 0 Å². The summed E-state index contributed by atoms with van der Waals surface area (Å²) in [6, 6.07) is 6.51. The molecule has 1 aliphatic rings. The zero-order valence-corrected chi connectivity index (χ0v) is 15.2. The maximum Gasteiger partial charge on any atom is 0.256 e. The Morgan fingerprint density at radius 3 is 2.25 bits per heavy atom. The number of carbonyl (C=O) groups excluding carboxylic acids is 2. The molecule has 1 amide bonds. The number of likely N-dealkylation sites (N-methyl/N-ethyl adjacent to an activating group) is 1. The Labute approximate surface area is 142 Å². The monoisotopic (exact) mass is 350 g/mol. The van der Waals surface area contributed by atoms with Gasteiger partial charge in [0.1, 0.15) is 0 Å². The van der Waals surface area contributed by atoms with Crippen LogP contribution in [0.3, 0.4) is 0 Å². The zero-order chi connectivity index (χ0) is 18.1. The van der Waals surface area contributed by atoms with E-state index in [1.807, 2.05) is 6.92 Å². The van der Waals surface area contributed by atoms with Crippen molar-refractivity contribution in [2.45, 2.75) is 25.2 Å². The van der Waals surface area contributed by atoms with Crippen molar-refractivity contribution in [2.75, 3.05) is 27.2 Å². The summed E-state index contributed by atoms with van der Waals surface area (Å²) in [6.07, 6.45) is 0.353. The number of ketones is 1. The van der Waals surface area contributed by atoms with Crippen LogP contribution in [0.25, 0.3) is 0 Å². The maximum atomic E-state index is 12.8. The Morgan fingerprint density at radius 1 is 1.12 bits per heavy atom. The van der Waals surface area contributed by atoms with E-state index in [0.717, 1.165) is 9.87 Å². The fourth-order valence-electron chi connectivity index (χ4n) is 2.56. The molecule has 0 saturated carbocycles. The molecule has 0 bridgehead atoms. The van der Waals surface area contributed by atoms with Crippen molar-refractivity contribution in [3.63, 3.8) is 0 Å². The molecule has 2 rings (SSSR count). The first kappa shape index (κ1) is 18.4. The van der Waals surface area contributed by atoms with Gasteiger partial charge in [0, 0.05) is 20.6 Å². The van der Waals surface area contributed by atoms with Crippen LogP contribution in [0.1, 0.15) is 18.9 Å². The van der Waals surface area contributed by atoms with Crippen molar-refractivity contribution < 1.29 is 18.0 Å². The number of sulfonamides is 1. The third-order valence-corrected chi connectivity index (χ3v) is 5.90. The molecule has 0 aliphatic carbocycles. The number of rotatable bonds is 3. The zero-order valence-electron chi connectivity index (χ0n) is 14.4. The molecule has 0 saturated heterocycles. The second-order valence-electron chi connectivity index (χ2n) is 6.18. The Morgan fingerprint density at radius 2 is 1.71 bits per heavy atom. The van der Waals surface area contributed by atoms with Crippen LogP contribution < -0.4 is 0 Å². The molecule has 0 unspecified atom stereocenters. The van der Waals surface area contributed by atoms with Crippen molar-refractivity contribution in [1.29, 1.82) is 0 Å². The number of amides is 1. The average Bonchev–Trinajstić information content (AvgIpc) is 2.65. The van der Waals surface area contributed by atoms with Crippen LogP contribution in [0.15, 0.2) is 40.3 Å². The van der Waals surface area contributed by atoms with Gasteiger partial charge in [-0.1, -0.05) is 23.3 Å². The van der Waals surface area contributed by atoms with E-state index < -0.39 is 15.8 Å². The van der Waals surface area contributed by atoms with Crippen LogP contribution in [-0.2, 0) is 19.6 Å². The van der Waals surface area contributed by atoms with E-state index in [0.29, 0.717) is 12.0 Å². The number of benzene rings is 1. The molecule has 0 N–H and O–H groups in total.